The van der Waals surface area contributed by atoms with Crippen molar-refractivity contribution in [1.29, 1.82) is 0 Å². The van der Waals surface area contributed by atoms with Gasteiger partial charge in [-0.1, -0.05) is 37.9 Å². The Labute approximate surface area is 147 Å². The molecule has 0 unspecified atom stereocenters. The quantitative estimate of drug-likeness (QED) is 0.442. The van der Waals surface area contributed by atoms with E-state index < -0.39 is 7.26 Å². The molecule has 0 aromatic heterocycles. The summed E-state index contributed by atoms with van der Waals surface area (Å²) >= 11 is 6.72. The fourth-order valence-corrected chi connectivity index (χ4v) is 11.3. The molecule has 2 aliphatic rings. The van der Waals surface area contributed by atoms with E-state index >= 15 is 0 Å². The summed E-state index contributed by atoms with van der Waals surface area (Å²) < 4.78 is 5.78. The molecule has 23 heavy (non-hydrogen) atoms. The van der Waals surface area contributed by atoms with Gasteiger partial charge in [-0.05, 0) is 63.5 Å². The van der Waals surface area contributed by atoms with Gasteiger partial charge in [0.1, 0.15) is 5.30 Å². The molecule has 1 nitrogen and oxygen atoms in total. The third kappa shape index (κ3) is 3.42. The van der Waals surface area contributed by atoms with Crippen LogP contribution in [0.3, 0.4) is 0 Å². The number of halogens is 1. The maximum absolute atomic E-state index is 6.72. The molecule has 0 heterocycles. The molecule has 0 spiro atoms. The van der Waals surface area contributed by atoms with E-state index in [1.807, 2.05) is 7.11 Å². The maximum atomic E-state index is 6.72. The summed E-state index contributed by atoms with van der Waals surface area (Å²) in [5.41, 5.74) is 3.69. The predicted molar refractivity (Wildman–Crippen MR) is 103 cm³/mol. The molecule has 2 aliphatic carbocycles. The van der Waals surface area contributed by atoms with Crippen molar-refractivity contribution in [3.05, 3.63) is 29.9 Å². The van der Waals surface area contributed by atoms with Crippen LogP contribution in [-0.2, 0) is 0 Å². The van der Waals surface area contributed by atoms with Gasteiger partial charge in [-0.3, -0.25) is 0 Å². The summed E-state index contributed by atoms with van der Waals surface area (Å²) in [6.45, 7) is 0. The minimum atomic E-state index is -1.52. The molecule has 0 bridgehead atoms. The fraction of sp³-hybridized carbons (Fsp3) is 0.650. The first-order valence-corrected chi connectivity index (χ1v) is 11.7. The van der Waals surface area contributed by atoms with Crippen LogP contribution in [0.4, 0.5) is 0 Å². The van der Waals surface area contributed by atoms with Crippen molar-refractivity contribution >= 4 is 24.2 Å². The van der Waals surface area contributed by atoms with Gasteiger partial charge in [-0.2, -0.15) is 0 Å². The number of hydrogen-bond donors (Lipinski definition) is 0. The third-order valence-corrected chi connectivity index (χ3v) is 12.0. The van der Waals surface area contributed by atoms with E-state index in [0.29, 0.717) is 0 Å². The number of rotatable bonds is 5. The van der Waals surface area contributed by atoms with Crippen LogP contribution in [0.5, 0.6) is 5.75 Å². The second kappa shape index (κ2) is 8.21. The van der Waals surface area contributed by atoms with Crippen molar-refractivity contribution in [2.24, 2.45) is 0 Å². The lowest BCUT2D eigenvalue weighted by molar-refractivity contribution is 0.417. The van der Waals surface area contributed by atoms with Crippen molar-refractivity contribution in [3.8, 4) is 5.75 Å². The molecule has 128 valence electrons. The molecule has 0 aliphatic heterocycles. The van der Waals surface area contributed by atoms with Crippen molar-refractivity contribution in [1.82, 2.24) is 0 Å². The highest BCUT2D eigenvalue weighted by Gasteiger charge is 2.48. The molecule has 0 saturated heterocycles. The molecular formula is C20H30ClOP. The molecule has 1 aromatic rings. The van der Waals surface area contributed by atoms with E-state index in [1.54, 1.807) is 0 Å². The average Bonchev–Trinajstić information content (AvgIpc) is 2.65. The van der Waals surface area contributed by atoms with Crippen LogP contribution < -0.4 is 10.0 Å². The lowest BCUT2D eigenvalue weighted by atomic mass is 9.99. The van der Waals surface area contributed by atoms with E-state index in [2.05, 4.69) is 29.9 Å². The summed E-state index contributed by atoms with van der Waals surface area (Å²) in [5.74, 6) is 1.06. The zero-order valence-corrected chi connectivity index (χ0v) is 16.0. The van der Waals surface area contributed by atoms with Crippen molar-refractivity contribution in [2.75, 3.05) is 7.11 Å². The molecule has 3 heteroatoms. The lowest BCUT2D eigenvalue weighted by Gasteiger charge is -2.48. The number of hydrogen-bond acceptors (Lipinski definition) is 1. The first-order chi connectivity index (χ1) is 11.3. The first kappa shape index (κ1) is 17.6. The Kier molecular flexibility index (Phi) is 6.27. The summed E-state index contributed by atoms with van der Waals surface area (Å²) in [6.07, 6.45) is 13.7. The SMILES string of the molecule is COc1ccccc1[P+]([CH-]Cl)(C1CCCCC1)C1CCCCC1. The molecule has 2 fully saturated rings. The Hall–Kier alpha value is -0.260. The van der Waals surface area contributed by atoms with Gasteiger partial charge in [0.25, 0.3) is 0 Å². The zero-order valence-electron chi connectivity index (χ0n) is 14.3. The zero-order chi connectivity index (χ0) is 16.1. The highest BCUT2D eigenvalue weighted by atomic mass is 35.5. The first-order valence-electron chi connectivity index (χ1n) is 9.29. The minimum absolute atomic E-state index is 0.771. The van der Waals surface area contributed by atoms with Crippen LogP contribution >= 0.6 is 18.9 Å². The van der Waals surface area contributed by atoms with Gasteiger partial charge in [-0.15, -0.1) is 0 Å². The van der Waals surface area contributed by atoms with Crippen LogP contribution in [0.2, 0.25) is 0 Å². The molecule has 1 aromatic carbocycles. The van der Waals surface area contributed by atoms with Gasteiger partial charge in [0.15, 0.2) is 5.75 Å². The lowest BCUT2D eigenvalue weighted by Crippen LogP contribution is -2.34. The second-order valence-electron chi connectivity index (χ2n) is 7.19. The Morgan fingerprint density at radius 1 is 0.913 bits per heavy atom. The van der Waals surface area contributed by atoms with Gasteiger partial charge >= 0.3 is 0 Å². The Morgan fingerprint density at radius 3 is 1.91 bits per heavy atom. The number of para-hydroxylation sites is 1. The highest BCUT2D eigenvalue weighted by Crippen LogP contribution is 2.75. The number of ether oxygens (including phenoxy) is 1. The Balaban J connectivity index is 2.06. The number of methoxy groups -OCH3 is 1. The normalized spacial score (nSPS) is 21.3. The average molecular weight is 353 g/mol. The van der Waals surface area contributed by atoms with Crippen molar-refractivity contribution in [2.45, 2.75) is 75.5 Å². The van der Waals surface area contributed by atoms with E-state index in [-0.39, 0.29) is 0 Å². The Morgan fingerprint density at radius 2 is 1.43 bits per heavy atom. The molecular weight excluding hydrogens is 323 g/mol. The highest BCUT2D eigenvalue weighted by molar-refractivity contribution is 7.87. The van der Waals surface area contributed by atoms with E-state index in [4.69, 9.17) is 16.3 Å². The molecule has 0 N–H and O–H groups in total. The second-order valence-corrected chi connectivity index (χ2v) is 11.6. The van der Waals surface area contributed by atoms with E-state index in [0.717, 1.165) is 17.1 Å². The summed E-state index contributed by atoms with van der Waals surface area (Å²) in [6, 6.07) is 8.72. The predicted octanol–water partition coefficient (Wildman–Crippen LogP) is 6.36. The fourth-order valence-electron chi connectivity index (χ4n) is 4.87. The molecule has 2 saturated carbocycles. The van der Waals surface area contributed by atoms with Crippen molar-refractivity contribution in [3.63, 3.8) is 0 Å². The molecule has 3 rings (SSSR count). The van der Waals surface area contributed by atoms with Gasteiger partial charge < -0.3 is 16.3 Å². The monoisotopic (exact) mass is 352 g/mol. The summed E-state index contributed by atoms with van der Waals surface area (Å²) in [7, 11) is 0.290. The minimum Gasteiger partial charge on any atom is -0.493 e. The van der Waals surface area contributed by atoms with Crippen LogP contribution in [0.25, 0.3) is 0 Å². The van der Waals surface area contributed by atoms with Gasteiger partial charge in [-0.25, -0.2) is 0 Å². The smallest absolute Gasteiger partial charge is 0.158 e. The van der Waals surface area contributed by atoms with Crippen LogP contribution in [0, 0.1) is 5.62 Å². The topological polar surface area (TPSA) is 9.23 Å². The standard InChI is InChI=1S/C20H30ClOP/c1-22-19-14-8-9-15-20(19)23(16-21,17-10-4-2-5-11-17)18-12-6-3-7-13-18/h8-9,14-18H,2-7,10-13H2,1H3. The van der Waals surface area contributed by atoms with Crippen LogP contribution in [0.1, 0.15) is 64.2 Å². The summed E-state index contributed by atoms with van der Waals surface area (Å²) in [4.78, 5) is 0. The molecule has 0 amide bonds. The van der Waals surface area contributed by atoms with E-state index in [9.17, 15) is 0 Å². The summed E-state index contributed by atoms with van der Waals surface area (Å²) in [5, 5.41) is 1.44. The molecule has 0 radical (unpaired) electrons. The van der Waals surface area contributed by atoms with Crippen LogP contribution in [-0.4, -0.2) is 18.4 Å². The third-order valence-electron chi connectivity index (χ3n) is 6.02. The number of benzene rings is 1. The largest absolute Gasteiger partial charge is 0.493 e. The van der Waals surface area contributed by atoms with Crippen molar-refractivity contribution < 1.29 is 4.74 Å². The molecule has 0 atom stereocenters. The van der Waals surface area contributed by atoms with Gasteiger partial charge in [0, 0.05) is 11.3 Å². The Bertz CT molecular complexity index is 474. The van der Waals surface area contributed by atoms with Crippen LogP contribution in [0.15, 0.2) is 24.3 Å². The maximum Gasteiger partial charge on any atom is 0.158 e. The van der Waals surface area contributed by atoms with E-state index in [1.165, 1.54) is 69.5 Å². The van der Waals surface area contributed by atoms with Gasteiger partial charge in [0.2, 0.25) is 0 Å². The van der Waals surface area contributed by atoms with Gasteiger partial charge in [0.05, 0.1) is 7.11 Å².